The summed E-state index contributed by atoms with van der Waals surface area (Å²) in [7, 11) is 0. The number of anilines is 3. The zero-order valence-electron chi connectivity index (χ0n) is 15.2. The maximum Gasteiger partial charge on any atom is 0.231 e. The van der Waals surface area contributed by atoms with Gasteiger partial charge < -0.3 is 15.6 Å². The molecular formula is C18H21N7S. The monoisotopic (exact) mass is 367 g/mol. The highest BCUT2D eigenvalue weighted by atomic mass is 32.1. The summed E-state index contributed by atoms with van der Waals surface area (Å²) in [5, 5.41) is 6.74. The molecule has 4 rings (SSSR count). The molecule has 134 valence electrons. The van der Waals surface area contributed by atoms with Crippen LogP contribution in [0, 0.1) is 0 Å². The molecule has 0 atom stereocenters. The Morgan fingerprint density at radius 3 is 2.77 bits per heavy atom. The molecule has 0 aliphatic rings. The van der Waals surface area contributed by atoms with Crippen molar-refractivity contribution in [3.05, 3.63) is 29.5 Å². The Kier molecular flexibility index (Phi) is 3.99. The van der Waals surface area contributed by atoms with Crippen molar-refractivity contribution < 1.29 is 0 Å². The van der Waals surface area contributed by atoms with Gasteiger partial charge in [0.1, 0.15) is 11.3 Å². The molecule has 0 aliphatic heterocycles. The average Bonchev–Trinajstić information content (AvgIpc) is 3.19. The van der Waals surface area contributed by atoms with Gasteiger partial charge in [0.2, 0.25) is 5.95 Å². The van der Waals surface area contributed by atoms with Crippen LogP contribution in [0.4, 0.5) is 17.5 Å². The van der Waals surface area contributed by atoms with Crippen molar-refractivity contribution in [3.8, 4) is 0 Å². The van der Waals surface area contributed by atoms with Crippen LogP contribution in [0.1, 0.15) is 33.5 Å². The second-order valence-corrected chi connectivity index (χ2v) is 8.05. The standard InChI is InChI=1S/C18H21N7S/c1-5-13-21-14-15(22-13)23-17(24-16(14)25-18(2,3)4)20-10-6-7-11-12(8-10)26-9-19-11/h6-9H,5H2,1-4H3,(H3,20,21,22,23,24,25). The van der Waals surface area contributed by atoms with Crippen molar-refractivity contribution in [3.63, 3.8) is 0 Å². The fourth-order valence-electron chi connectivity index (χ4n) is 2.68. The smallest absolute Gasteiger partial charge is 0.231 e. The summed E-state index contributed by atoms with van der Waals surface area (Å²) in [5.74, 6) is 2.16. The first-order chi connectivity index (χ1) is 12.4. The lowest BCUT2D eigenvalue weighted by molar-refractivity contribution is 0.631. The Labute approximate surface area is 155 Å². The number of aromatic nitrogens is 5. The Morgan fingerprint density at radius 2 is 2.00 bits per heavy atom. The van der Waals surface area contributed by atoms with Crippen molar-refractivity contribution in [2.75, 3.05) is 10.6 Å². The van der Waals surface area contributed by atoms with Crippen LogP contribution in [0.5, 0.6) is 0 Å². The number of imidazole rings is 1. The molecular weight excluding hydrogens is 346 g/mol. The summed E-state index contributed by atoms with van der Waals surface area (Å²) in [4.78, 5) is 21.5. The predicted octanol–water partition coefficient (Wildman–Crippen LogP) is 4.48. The second-order valence-electron chi connectivity index (χ2n) is 7.17. The van der Waals surface area contributed by atoms with E-state index in [1.807, 2.05) is 17.6 Å². The Bertz CT molecular complexity index is 1070. The number of fused-ring (bicyclic) bond motifs is 2. The molecule has 3 heterocycles. The first-order valence-corrected chi connectivity index (χ1v) is 9.44. The highest BCUT2D eigenvalue weighted by Gasteiger charge is 2.17. The summed E-state index contributed by atoms with van der Waals surface area (Å²) < 4.78 is 1.12. The lowest BCUT2D eigenvalue weighted by Crippen LogP contribution is -2.27. The van der Waals surface area contributed by atoms with Gasteiger partial charge in [0, 0.05) is 17.6 Å². The fraction of sp³-hybridized carbons (Fsp3) is 0.333. The lowest BCUT2D eigenvalue weighted by Gasteiger charge is -2.21. The van der Waals surface area contributed by atoms with Gasteiger partial charge in [0.15, 0.2) is 11.5 Å². The highest BCUT2D eigenvalue weighted by Crippen LogP contribution is 2.27. The van der Waals surface area contributed by atoms with Gasteiger partial charge in [-0.25, -0.2) is 9.97 Å². The molecule has 0 fully saturated rings. The number of benzene rings is 1. The van der Waals surface area contributed by atoms with E-state index in [1.54, 1.807) is 11.3 Å². The number of nitrogens with one attached hydrogen (secondary N) is 3. The molecule has 0 saturated carbocycles. The maximum atomic E-state index is 4.68. The quantitative estimate of drug-likeness (QED) is 0.493. The zero-order valence-corrected chi connectivity index (χ0v) is 16.0. The zero-order chi connectivity index (χ0) is 18.3. The predicted molar refractivity (Wildman–Crippen MR) is 107 cm³/mol. The molecule has 0 radical (unpaired) electrons. The molecule has 0 spiro atoms. The SMILES string of the molecule is CCc1nc2nc(Nc3ccc4ncsc4c3)nc(NC(C)(C)C)c2[nH]1. The normalized spacial score (nSPS) is 12.0. The summed E-state index contributed by atoms with van der Waals surface area (Å²) in [6, 6.07) is 6.03. The molecule has 0 unspecified atom stereocenters. The third-order valence-corrected chi connectivity index (χ3v) is 4.61. The summed E-state index contributed by atoms with van der Waals surface area (Å²) in [5.41, 5.74) is 5.13. The van der Waals surface area contributed by atoms with E-state index in [-0.39, 0.29) is 5.54 Å². The van der Waals surface area contributed by atoms with Crippen LogP contribution >= 0.6 is 11.3 Å². The minimum Gasteiger partial charge on any atom is -0.364 e. The van der Waals surface area contributed by atoms with Crippen LogP contribution in [-0.2, 0) is 6.42 Å². The van der Waals surface area contributed by atoms with Crippen molar-refractivity contribution in [1.82, 2.24) is 24.9 Å². The second kappa shape index (κ2) is 6.21. The third kappa shape index (κ3) is 3.32. The van der Waals surface area contributed by atoms with Crippen LogP contribution < -0.4 is 10.6 Å². The summed E-state index contributed by atoms with van der Waals surface area (Å²) >= 11 is 1.61. The van der Waals surface area contributed by atoms with Crippen LogP contribution in [-0.4, -0.2) is 30.5 Å². The molecule has 8 heteroatoms. The summed E-state index contributed by atoms with van der Waals surface area (Å²) in [6.45, 7) is 8.36. The van der Waals surface area contributed by atoms with E-state index < -0.39 is 0 Å². The van der Waals surface area contributed by atoms with E-state index >= 15 is 0 Å². The number of aryl methyl sites for hydroxylation is 1. The first kappa shape index (κ1) is 16.7. The number of aromatic amines is 1. The van der Waals surface area contributed by atoms with Gasteiger partial charge >= 0.3 is 0 Å². The third-order valence-electron chi connectivity index (χ3n) is 3.82. The van der Waals surface area contributed by atoms with Crippen molar-refractivity contribution in [2.45, 2.75) is 39.7 Å². The largest absolute Gasteiger partial charge is 0.364 e. The molecule has 0 amide bonds. The molecule has 0 saturated heterocycles. The Morgan fingerprint density at radius 1 is 1.15 bits per heavy atom. The van der Waals surface area contributed by atoms with E-state index in [0.717, 1.165) is 39.5 Å². The van der Waals surface area contributed by atoms with E-state index in [1.165, 1.54) is 0 Å². The van der Waals surface area contributed by atoms with Gasteiger partial charge in [0.25, 0.3) is 0 Å². The summed E-state index contributed by atoms with van der Waals surface area (Å²) in [6.07, 6.45) is 0.816. The molecule has 3 N–H and O–H groups in total. The molecule has 4 aromatic rings. The van der Waals surface area contributed by atoms with Gasteiger partial charge in [-0.15, -0.1) is 11.3 Å². The number of H-pyrrole nitrogens is 1. The van der Waals surface area contributed by atoms with Gasteiger partial charge in [-0.05, 0) is 39.0 Å². The van der Waals surface area contributed by atoms with Crippen LogP contribution in [0.25, 0.3) is 21.4 Å². The fourth-order valence-corrected chi connectivity index (χ4v) is 3.39. The highest BCUT2D eigenvalue weighted by molar-refractivity contribution is 7.16. The number of nitrogens with zero attached hydrogens (tertiary/aromatic N) is 4. The number of hydrogen-bond acceptors (Lipinski definition) is 7. The minimum atomic E-state index is -0.127. The van der Waals surface area contributed by atoms with Crippen molar-refractivity contribution >= 4 is 50.2 Å². The first-order valence-electron chi connectivity index (χ1n) is 8.56. The number of thiazole rings is 1. The van der Waals surface area contributed by atoms with Crippen LogP contribution in [0.2, 0.25) is 0 Å². The van der Waals surface area contributed by atoms with E-state index in [2.05, 4.69) is 69.3 Å². The molecule has 0 aliphatic carbocycles. The van der Waals surface area contributed by atoms with Gasteiger partial charge in [-0.2, -0.15) is 9.97 Å². The molecule has 1 aromatic carbocycles. The molecule has 0 bridgehead atoms. The number of hydrogen-bond donors (Lipinski definition) is 3. The lowest BCUT2D eigenvalue weighted by atomic mass is 10.1. The molecule has 7 nitrogen and oxygen atoms in total. The van der Waals surface area contributed by atoms with E-state index in [0.29, 0.717) is 11.6 Å². The van der Waals surface area contributed by atoms with E-state index in [4.69, 9.17) is 0 Å². The van der Waals surface area contributed by atoms with Gasteiger partial charge in [-0.3, -0.25) is 0 Å². The van der Waals surface area contributed by atoms with Gasteiger partial charge in [0.05, 0.1) is 15.7 Å². The minimum absolute atomic E-state index is 0.127. The molecule has 3 aromatic heterocycles. The van der Waals surface area contributed by atoms with Crippen molar-refractivity contribution in [2.24, 2.45) is 0 Å². The number of rotatable bonds is 4. The average molecular weight is 367 g/mol. The topological polar surface area (TPSA) is 91.4 Å². The maximum absolute atomic E-state index is 4.68. The van der Waals surface area contributed by atoms with Crippen LogP contribution in [0.15, 0.2) is 23.7 Å². The van der Waals surface area contributed by atoms with Gasteiger partial charge in [-0.1, -0.05) is 6.92 Å². The Balaban J connectivity index is 1.75. The molecule has 26 heavy (non-hydrogen) atoms. The Hall–Kier alpha value is -2.74. The van der Waals surface area contributed by atoms with Crippen molar-refractivity contribution in [1.29, 1.82) is 0 Å². The van der Waals surface area contributed by atoms with E-state index in [9.17, 15) is 0 Å². The van der Waals surface area contributed by atoms with Crippen LogP contribution in [0.3, 0.4) is 0 Å².